The summed E-state index contributed by atoms with van der Waals surface area (Å²) in [4.78, 5) is 10.2. The second kappa shape index (κ2) is 5.69. The molecule has 2 rings (SSSR count). The first kappa shape index (κ1) is 14.0. The largest absolute Gasteiger partial charge is 0.378 e. The zero-order valence-electron chi connectivity index (χ0n) is 11.3. The van der Waals surface area contributed by atoms with Crippen molar-refractivity contribution in [1.29, 1.82) is 0 Å². The van der Waals surface area contributed by atoms with E-state index in [0.717, 1.165) is 11.3 Å². The Kier molecular flexibility index (Phi) is 3.98. The molecule has 4 nitrogen and oxygen atoms in total. The van der Waals surface area contributed by atoms with Crippen LogP contribution < -0.4 is 5.32 Å². The molecule has 0 saturated carbocycles. The molecule has 0 bridgehead atoms. The van der Waals surface area contributed by atoms with Gasteiger partial charge < -0.3 is 5.32 Å². The van der Waals surface area contributed by atoms with E-state index >= 15 is 0 Å². The number of nitro benzene ring substituents is 1. The summed E-state index contributed by atoms with van der Waals surface area (Å²) in [5, 5.41) is 13.8. The van der Waals surface area contributed by atoms with Crippen molar-refractivity contribution in [2.24, 2.45) is 0 Å². The molecule has 20 heavy (non-hydrogen) atoms. The third-order valence-electron chi connectivity index (χ3n) is 3.24. The van der Waals surface area contributed by atoms with Crippen LogP contribution in [0.15, 0.2) is 42.5 Å². The van der Waals surface area contributed by atoms with Gasteiger partial charge in [0.2, 0.25) is 0 Å². The van der Waals surface area contributed by atoms with Crippen molar-refractivity contribution in [2.75, 3.05) is 5.32 Å². The lowest BCUT2D eigenvalue weighted by molar-refractivity contribution is -0.384. The Morgan fingerprint density at radius 3 is 2.45 bits per heavy atom. The van der Waals surface area contributed by atoms with Crippen molar-refractivity contribution in [3.63, 3.8) is 0 Å². The van der Waals surface area contributed by atoms with E-state index in [0.29, 0.717) is 5.56 Å². The molecule has 5 heteroatoms. The zero-order valence-corrected chi connectivity index (χ0v) is 11.3. The van der Waals surface area contributed by atoms with Gasteiger partial charge in [-0.3, -0.25) is 10.1 Å². The number of nitrogens with one attached hydrogen (secondary N) is 1. The van der Waals surface area contributed by atoms with Crippen LogP contribution in [0.25, 0.3) is 0 Å². The van der Waals surface area contributed by atoms with Gasteiger partial charge in [0, 0.05) is 29.4 Å². The third kappa shape index (κ3) is 2.93. The molecule has 1 atom stereocenters. The minimum atomic E-state index is -0.432. The number of non-ortho nitro benzene ring substituents is 1. The lowest BCUT2D eigenvalue weighted by atomic mass is 10.1. The van der Waals surface area contributed by atoms with Crippen LogP contribution in [0, 0.1) is 22.9 Å². The van der Waals surface area contributed by atoms with Crippen LogP contribution in [-0.4, -0.2) is 4.92 Å². The molecular formula is C15H15FN2O2. The van der Waals surface area contributed by atoms with Gasteiger partial charge >= 0.3 is 0 Å². The van der Waals surface area contributed by atoms with Gasteiger partial charge in [-0.1, -0.05) is 18.2 Å². The van der Waals surface area contributed by atoms with E-state index in [1.165, 1.54) is 18.2 Å². The number of anilines is 1. The van der Waals surface area contributed by atoms with Crippen molar-refractivity contribution >= 4 is 11.4 Å². The molecule has 0 aliphatic heterocycles. The maximum absolute atomic E-state index is 13.5. The predicted octanol–water partition coefficient (Wildman–Crippen LogP) is 4.22. The summed E-state index contributed by atoms with van der Waals surface area (Å²) in [6.45, 7) is 3.63. The molecule has 104 valence electrons. The van der Waals surface area contributed by atoms with Crippen LogP contribution in [0.4, 0.5) is 15.8 Å². The number of nitrogens with zero attached hydrogens (tertiary/aromatic N) is 1. The Balaban J connectivity index is 2.17. The van der Waals surface area contributed by atoms with Crippen molar-refractivity contribution in [2.45, 2.75) is 19.9 Å². The molecule has 0 aromatic heterocycles. The molecule has 0 amide bonds. The van der Waals surface area contributed by atoms with Gasteiger partial charge in [0.25, 0.3) is 5.69 Å². The lowest BCUT2D eigenvalue weighted by Gasteiger charge is -2.17. The Morgan fingerprint density at radius 2 is 1.85 bits per heavy atom. The van der Waals surface area contributed by atoms with Gasteiger partial charge in [0.1, 0.15) is 5.82 Å². The molecule has 0 aliphatic rings. The highest BCUT2D eigenvalue weighted by Crippen LogP contribution is 2.24. The first-order valence-electron chi connectivity index (χ1n) is 6.25. The maximum atomic E-state index is 13.5. The first-order chi connectivity index (χ1) is 9.49. The second-order valence-corrected chi connectivity index (χ2v) is 4.63. The minimum absolute atomic E-state index is 0.0582. The van der Waals surface area contributed by atoms with Crippen LogP contribution in [0.3, 0.4) is 0 Å². The summed E-state index contributed by atoms with van der Waals surface area (Å²) in [6.07, 6.45) is 0. The van der Waals surface area contributed by atoms with E-state index in [4.69, 9.17) is 0 Å². The SMILES string of the molecule is Cc1c(F)cccc1NC(C)c1ccc([N+](=O)[O-])cc1. The van der Waals surface area contributed by atoms with Gasteiger partial charge in [-0.2, -0.15) is 0 Å². The van der Waals surface area contributed by atoms with E-state index in [2.05, 4.69) is 5.32 Å². The highest BCUT2D eigenvalue weighted by Gasteiger charge is 2.11. The van der Waals surface area contributed by atoms with E-state index in [1.807, 2.05) is 6.92 Å². The van der Waals surface area contributed by atoms with Gasteiger partial charge in [-0.25, -0.2) is 4.39 Å². The molecule has 0 saturated heterocycles. The molecular weight excluding hydrogens is 259 g/mol. The fraction of sp³-hybridized carbons (Fsp3) is 0.200. The Hall–Kier alpha value is -2.43. The summed E-state index contributed by atoms with van der Waals surface area (Å²) < 4.78 is 13.5. The summed E-state index contributed by atoms with van der Waals surface area (Å²) in [5.74, 6) is -0.258. The minimum Gasteiger partial charge on any atom is -0.378 e. The Bertz CT molecular complexity index is 626. The smallest absolute Gasteiger partial charge is 0.269 e. The van der Waals surface area contributed by atoms with E-state index in [-0.39, 0.29) is 17.5 Å². The average molecular weight is 274 g/mol. The molecule has 0 spiro atoms. The number of benzene rings is 2. The number of rotatable bonds is 4. The molecule has 1 unspecified atom stereocenters. The summed E-state index contributed by atoms with van der Waals surface area (Å²) >= 11 is 0. The number of nitro groups is 1. The molecule has 2 aromatic rings. The highest BCUT2D eigenvalue weighted by molar-refractivity contribution is 5.52. The van der Waals surface area contributed by atoms with Gasteiger partial charge in [0.05, 0.1) is 4.92 Å². The normalized spacial score (nSPS) is 11.9. The lowest BCUT2D eigenvalue weighted by Crippen LogP contribution is -2.08. The van der Waals surface area contributed by atoms with Crippen molar-refractivity contribution in [1.82, 2.24) is 0 Å². The van der Waals surface area contributed by atoms with Gasteiger partial charge in [0.15, 0.2) is 0 Å². The van der Waals surface area contributed by atoms with Crippen molar-refractivity contribution in [3.8, 4) is 0 Å². The fourth-order valence-corrected chi connectivity index (χ4v) is 1.97. The second-order valence-electron chi connectivity index (χ2n) is 4.63. The highest BCUT2D eigenvalue weighted by atomic mass is 19.1. The van der Waals surface area contributed by atoms with E-state index in [1.54, 1.807) is 31.2 Å². The standard InChI is InChI=1S/C15H15FN2O2/c1-10-14(16)4-3-5-15(10)17-11(2)12-6-8-13(9-7-12)18(19)20/h3-9,11,17H,1-2H3. The van der Waals surface area contributed by atoms with Crippen LogP contribution in [0.5, 0.6) is 0 Å². The van der Waals surface area contributed by atoms with Crippen LogP contribution in [0.1, 0.15) is 24.1 Å². The van der Waals surface area contributed by atoms with E-state index in [9.17, 15) is 14.5 Å². The van der Waals surface area contributed by atoms with E-state index < -0.39 is 4.92 Å². The number of hydrogen-bond acceptors (Lipinski definition) is 3. The zero-order chi connectivity index (χ0) is 14.7. The monoisotopic (exact) mass is 274 g/mol. The molecule has 0 heterocycles. The van der Waals surface area contributed by atoms with Crippen LogP contribution in [-0.2, 0) is 0 Å². The van der Waals surface area contributed by atoms with Crippen molar-refractivity contribution in [3.05, 3.63) is 69.5 Å². The summed E-state index contributed by atoms with van der Waals surface area (Å²) in [6, 6.07) is 11.1. The van der Waals surface area contributed by atoms with Crippen molar-refractivity contribution < 1.29 is 9.31 Å². The first-order valence-corrected chi connectivity index (χ1v) is 6.25. The number of halogens is 1. The quantitative estimate of drug-likeness (QED) is 0.671. The summed E-state index contributed by atoms with van der Waals surface area (Å²) in [7, 11) is 0. The Labute approximate surface area is 116 Å². The third-order valence-corrected chi connectivity index (χ3v) is 3.24. The summed E-state index contributed by atoms with van der Waals surface area (Å²) in [5.41, 5.74) is 2.24. The topological polar surface area (TPSA) is 55.2 Å². The molecule has 0 fully saturated rings. The average Bonchev–Trinajstić information content (AvgIpc) is 2.44. The number of hydrogen-bond donors (Lipinski definition) is 1. The molecule has 1 N–H and O–H groups in total. The Morgan fingerprint density at radius 1 is 1.20 bits per heavy atom. The maximum Gasteiger partial charge on any atom is 0.269 e. The molecule has 0 radical (unpaired) electrons. The van der Waals surface area contributed by atoms with Crippen LogP contribution >= 0.6 is 0 Å². The van der Waals surface area contributed by atoms with Crippen LogP contribution in [0.2, 0.25) is 0 Å². The van der Waals surface area contributed by atoms with Gasteiger partial charge in [-0.05, 0) is 31.5 Å². The van der Waals surface area contributed by atoms with Gasteiger partial charge in [-0.15, -0.1) is 0 Å². The predicted molar refractivity (Wildman–Crippen MR) is 76.3 cm³/mol. The molecule has 0 aliphatic carbocycles. The molecule has 2 aromatic carbocycles. The fourth-order valence-electron chi connectivity index (χ4n) is 1.97.